The van der Waals surface area contributed by atoms with Crippen LogP contribution in [0, 0.1) is 6.92 Å². The van der Waals surface area contributed by atoms with E-state index in [1.807, 2.05) is 25.1 Å². The summed E-state index contributed by atoms with van der Waals surface area (Å²) in [5.74, 6) is 0.379. The smallest absolute Gasteiger partial charge is 0.348 e. The van der Waals surface area contributed by atoms with E-state index in [-0.39, 0.29) is 11.6 Å². The topological polar surface area (TPSA) is 94.0 Å². The molecule has 0 bridgehead atoms. The largest absolute Gasteiger partial charge is 0.593 e. The maximum atomic E-state index is 13.0. The summed E-state index contributed by atoms with van der Waals surface area (Å²) in [5, 5.41) is 4.43. The number of piperidine rings is 1. The first kappa shape index (κ1) is 18.8. The van der Waals surface area contributed by atoms with E-state index in [0.717, 1.165) is 18.4 Å². The number of aryl methyl sites for hydroxylation is 1. The number of sulfonamides is 1. The first-order chi connectivity index (χ1) is 13.4. The Balaban J connectivity index is 1.58. The molecule has 7 nitrogen and oxygen atoms in total. The van der Waals surface area contributed by atoms with Crippen LogP contribution in [0.3, 0.4) is 0 Å². The van der Waals surface area contributed by atoms with Crippen molar-refractivity contribution in [1.82, 2.24) is 19.1 Å². The van der Waals surface area contributed by atoms with E-state index in [2.05, 4.69) is 10.1 Å². The zero-order chi connectivity index (χ0) is 19.7. The third-order valence-corrected chi connectivity index (χ3v) is 6.94. The normalized spacial score (nSPS) is 20.0. The number of nitrogens with one attached hydrogen (secondary N) is 1. The summed E-state index contributed by atoms with van der Waals surface area (Å²) >= 11 is 0. The minimum absolute atomic E-state index is 0.147. The number of rotatable bonds is 4. The van der Waals surface area contributed by atoms with Crippen LogP contribution < -0.4 is 5.69 Å². The van der Waals surface area contributed by atoms with Gasteiger partial charge < -0.3 is 4.55 Å². The van der Waals surface area contributed by atoms with Gasteiger partial charge in [-0.05, 0) is 44.0 Å². The van der Waals surface area contributed by atoms with E-state index in [1.54, 1.807) is 36.4 Å². The monoisotopic (exact) mass is 398 g/mol. The fourth-order valence-corrected chi connectivity index (χ4v) is 5.04. The molecule has 0 saturated carbocycles. The van der Waals surface area contributed by atoms with Gasteiger partial charge in [-0.3, -0.25) is 4.98 Å². The van der Waals surface area contributed by atoms with Crippen molar-refractivity contribution in [2.24, 2.45) is 0 Å². The van der Waals surface area contributed by atoms with Gasteiger partial charge in [0, 0.05) is 12.5 Å². The molecule has 3 aromatic rings. The third kappa shape index (κ3) is 3.58. The molecule has 2 atom stereocenters. The highest BCUT2D eigenvalue weighted by Crippen LogP contribution is 2.31. The maximum Gasteiger partial charge on any atom is 0.348 e. The molecular formula is C20H22N4O3S. The molecule has 1 aliphatic rings. The van der Waals surface area contributed by atoms with Crippen LogP contribution in [-0.4, -0.2) is 36.7 Å². The predicted octanol–water partition coefficient (Wildman–Crippen LogP) is 2.65. The van der Waals surface area contributed by atoms with Crippen LogP contribution in [0.15, 0.2) is 64.3 Å². The molecule has 2 unspecified atom stereocenters. The maximum absolute atomic E-state index is 13.0. The Morgan fingerprint density at radius 3 is 2.57 bits per heavy atom. The molecule has 2 aromatic carbocycles. The molecule has 8 heteroatoms. The lowest BCUT2D eigenvalue weighted by Gasteiger charge is -2.33. The van der Waals surface area contributed by atoms with Crippen LogP contribution in [0.25, 0.3) is 5.69 Å². The summed E-state index contributed by atoms with van der Waals surface area (Å²) in [6.45, 7) is 2.70. The Morgan fingerprint density at radius 2 is 1.86 bits per heavy atom. The lowest BCUT2D eigenvalue weighted by molar-refractivity contribution is 0.283. The van der Waals surface area contributed by atoms with E-state index >= 15 is 0 Å². The van der Waals surface area contributed by atoms with Gasteiger partial charge in [0.2, 0.25) is 0 Å². The van der Waals surface area contributed by atoms with E-state index in [4.69, 9.17) is 0 Å². The van der Waals surface area contributed by atoms with Gasteiger partial charge in [0.05, 0.1) is 12.2 Å². The van der Waals surface area contributed by atoms with Crippen molar-refractivity contribution in [2.75, 3.05) is 13.1 Å². The average molecular weight is 398 g/mol. The Bertz CT molecular complexity index is 1060. The average Bonchev–Trinajstić information content (AvgIpc) is 3.11. The lowest BCUT2D eigenvalue weighted by atomic mass is 9.99. The Morgan fingerprint density at radius 1 is 1.14 bits per heavy atom. The van der Waals surface area contributed by atoms with Crippen molar-refractivity contribution in [3.8, 4) is 5.69 Å². The highest BCUT2D eigenvalue weighted by atomic mass is 32.3. The van der Waals surface area contributed by atoms with Crippen molar-refractivity contribution in [2.45, 2.75) is 30.6 Å². The minimum atomic E-state index is -3.57. The third-order valence-electron chi connectivity index (χ3n) is 5.07. The second kappa shape index (κ2) is 7.46. The first-order valence-corrected chi connectivity index (χ1v) is 10.7. The van der Waals surface area contributed by atoms with Gasteiger partial charge in [-0.1, -0.05) is 40.1 Å². The molecule has 1 N–H and O–H groups in total. The summed E-state index contributed by atoms with van der Waals surface area (Å²) < 4.78 is 28.8. The Kier molecular flexibility index (Phi) is 5.01. The second-order valence-corrected chi connectivity index (χ2v) is 9.02. The molecule has 1 aliphatic heterocycles. The van der Waals surface area contributed by atoms with Crippen molar-refractivity contribution in [3.63, 3.8) is 0 Å². The molecule has 0 aliphatic carbocycles. The summed E-state index contributed by atoms with van der Waals surface area (Å²) in [7, 11) is -3.57. The van der Waals surface area contributed by atoms with Gasteiger partial charge in [-0.15, -0.1) is 9.40 Å². The number of hydrogen-bond donors (Lipinski definition) is 1. The molecule has 2 heterocycles. The number of nitrogens with zero attached hydrogens (tertiary/aromatic N) is 3. The number of hydrogen-bond acceptors (Lipinski definition) is 4. The van der Waals surface area contributed by atoms with Gasteiger partial charge in [-0.2, -0.15) is 4.68 Å². The summed E-state index contributed by atoms with van der Waals surface area (Å²) in [6, 6.07) is 16.0. The quantitative estimate of drug-likeness (QED) is 0.684. The van der Waals surface area contributed by atoms with Gasteiger partial charge in [-0.25, -0.2) is 4.79 Å². The Labute approximate surface area is 164 Å². The highest BCUT2D eigenvalue weighted by molar-refractivity contribution is 7.95. The number of aromatic amines is 1. The molecule has 0 amide bonds. The van der Waals surface area contributed by atoms with Crippen LogP contribution >= 0.6 is 0 Å². The highest BCUT2D eigenvalue weighted by Gasteiger charge is 2.36. The molecule has 4 rings (SSSR count). The molecule has 146 valence electrons. The first-order valence-electron chi connectivity index (χ1n) is 9.26. The van der Waals surface area contributed by atoms with Gasteiger partial charge >= 0.3 is 5.69 Å². The van der Waals surface area contributed by atoms with Gasteiger partial charge in [0.15, 0.2) is 15.3 Å². The molecule has 1 fully saturated rings. The fourth-order valence-electron chi connectivity index (χ4n) is 3.51. The molecule has 1 saturated heterocycles. The van der Waals surface area contributed by atoms with E-state index in [1.165, 1.54) is 8.99 Å². The number of benzene rings is 2. The van der Waals surface area contributed by atoms with E-state index < -0.39 is 10.4 Å². The summed E-state index contributed by atoms with van der Waals surface area (Å²) in [4.78, 5) is 15.4. The second-order valence-electron chi connectivity index (χ2n) is 7.08. The fraction of sp³-hybridized carbons (Fsp3) is 0.300. The van der Waals surface area contributed by atoms with Crippen LogP contribution in [-0.2, 0) is 14.6 Å². The lowest BCUT2D eigenvalue weighted by Crippen LogP contribution is -2.43. The van der Waals surface area contributed by atoms with Crippen molar-refractivity contribution in [3.05, 3.63) is 76.5 Å². The van der Waals surface area contributed by atoms with Crippen molar-refractivity contribution >= 4 is 10.4 Å². The summed E-state index contributed by atoms with van der Waals surface area (Å²) in [6.07, 6.45) is 1.50. The van der Waals surface area contributed by atoms with Crippen LogP contribution in [0.2, 0.25) is 0 Å². The van der Waals surface area contributed by atoms with E-state index in [9.17, 15) is 13.6 Å². The summed E-state index contributed by atoms with van der Waals surface area (Å²) in [5.41, 5.74) is 1.37. The molecule has 28 heavy (non-hydrogen) atoms. The van der Waals surface area contributed by atoms with Crippen LogP contribution in [0.5, 0.6) is 0 Å². The van der Waals surface area contributed by atoms with Crippen molar-refractivity contribution < 1.29 is 8.76 Å². The number of para-hydroxylation sites is 1. The zero-order valence-electron chi connectivity index (χ0n) is 15.6. The molecular weight excluding hydrogens is 376 g/mol. The number of aromatic nitrogens is 3. The standard InChI is InChI=1S/C20H22N4O3S/c1-15-9-11-18(12-10-15)28(26,27)23-13-5-6-16(14-23)19-21-20(25)24(22-19)17-7-3-2-4-8-17/h2-4,7-12,16H,5-6,13-14H2,1H3,(H-,21,22,25,26,27). The van der Waals surface area contributed by atoms with Gasteiger partial charge in [0.1, 0.15) is 5.82 Å². The molecule has 0 radical (unpaired) electrons. The molecule has 1 aromatic heterocycles. The Hall–Kier alpha value is -2.55. The van der Waals surface area contributed by atoms with E-state index in [0.29, 0.717) is 29.5 Å². The number of H-pyrrole nitrogens is 1. The van der Waals surface area contributed by atoms with Gasteiger partial charge in [0.25, 0.3) is 0 Å². The predicted molar refractivity (Wildman–Crippen MR) is 106 cm³/mol. The van der Waals surface area contributed by atoms with Crippen LogP contribution in [0.4, 0.5) is 0 Å². The van der Waals surface area contributed by atoms with Crippen LogP contribution in [0.1, 0.15) is 30.1 Å². The minimum Gasteiger partial charge on any atom is -0.593 e. The SMILES string of the molecule is Cc1ccc([S+](=O)([O-])N2CCCC(c3nn(-c4ccccc4)c(=O)[nH]3)C2)cc1. The molecule has 0 spiro atoms. The zero-order valence-corrected chi connectivity index (χ0v) is 16.4. The van der Waals surface area contributed by atoms with Crippen molar-refractivity contribution in [1.29, 1.82) is 0 Å².